The van der Waals surface area contributed by atoms with Crippen LogP contribution in [0.15, 0.2) is 133 Å². The number of fused-ring (bicyclic) bond motifs is 6. The van der Waals surface area contributed by atoms with Crippen LogP contribution in [0.2, 0.25) is 0 Å². The number of hydrogen-bond donors (Lipinski definition) is 0. The van der Waals surface area contributed by atoms with E-state index < -0.39 is 16.9 Å². The molecule has 0 saturated heterocycles. The quantitative estimate of drug-likeness (QED) is 0.203. The molecule has 2 aliphatic rings. The molecule has 8 rings (SSSR count). The Morgan fingerprint density at radius 3 is 1.66 bits per heavy atom. The Balaban J connectivity index is 1.60. The van der Waals surface area contributed by atoms with Crippen LogP contribution in [0, 0.1) is 6.92 Å². The van der Waals surface area contributed by atoms with Gasteiger partial charge in [0.1, 0.15) is 0 Å². The third-order valence-electron chi connectivity index (χ3n) is 9.86. The Morgan fingerprint density at radius 1 is 0.545 bits per heavy atom. The largest absolute Gasteiger partial charge is 0.310 e. The minimum Gasteiger partial charge on any atom is -0.310 e. The Morgan fingerprint density at radius 2 is 1.07 bits per heavy atom. The van der Waals surface area contributed by atoms with E-state index in [2.05, 4.69) is 107 Å². The first kappa shape index (κ1) is 21.8. The number of benzene rings is 6. The second-order valence-corrected chi connectivity index (χ2v) is 13.0. The van der Waals surface area contributed by atoms with Crippen LogP contribution < -0.4 is 4.90 Å². The summed E-state index contributed by atoms with van der Waals surface area (Å²) in [5.41, 5.74) is 13.3. The summed E-state index contributed by atoms with van der Waals surface area (Å²) in [6.07, 6.45) is 0. The van der Waals surface area contributed by atoms with E-state index >= 15 is 0 Å². The average molecular weight is 573 g/mol. The molecule has 0 aliphatic heterocycles. The van der Waals surface area contributed by atoms with Gasteiger partial charge in [-0.15, -0.1) is 0 Å². The van der Waals surface area contributed by atoms with Crippen LogP contribution in [0.4, 0.5) is 17.1 Å². The van der Waals surface area contributed by atoms with Gasteiger partial charge in [-0.3, -0.25) is 0 Å². The van der Waals surface area contributed by atoms with Crippen molar-refractivity contribution < 1.29 is 6.85 Å². The fourth-order valence-electron chi connectivity index (χ4n) is 7.92. The van der Waals surface area contributed by atoms with Gasteiger partial charge in [0, 0.05) is 22.2 Å². The number of hydrogen-bond acceptors (Lipinski definition) is 1. The lowest BCUT2D eigenvalue weighted by Crippen LogP contribution is -2.26. The predicted octanol–water partition coefficient (Wildman–Crippen LogP) is 11.7. The van der Waals surface area contributed by atoms with Gasteiger partial charge in [-0.2, -0.15) is 0 Å². The molecule has 1 nitrogen and oxygen atoms in total. The SMILES string of the molecule is [2H]c1c([2H])c([2H])c(N(c2cccc(-c3ccccc3)c2)c2c3c(c(C)c4c2C(C)(C)c2ccccc2-4)-c2ccccc2C3(C)C)c([2H])c1[2H]. The van der Waals surface area contributed by atoms with Crippen molar-refractivity contribution in [3.8, 4) is 33.4 Å². The van der Waals surface area contributed by atoms with E-state index in [1.54, 1.807) is 0 Å². The van der Waals surface area contributed by atoms with Crippen molar-refractivity contribution in [1.82, 2.24) is 0 Å². The van der Waals surface area contributed by atoms with Crippen LogP contribution in [-0.2, 0) is 10.8 Å². The minimum absolute atomic E-state index is 0.142. The Labute approximate surface area is 268 Å². The molecule has 0 unspecified atom stereocenters. The third kappa shape index (κ3) is 3.65. The number of anilines is 3. The molecule has 0 spiro atoms. The lowest BCUT2D eigenvalue weighted by molar-refractivity contribution is 0.639. The summed E-state index contributed by atoms with van der Waals surface area (Å²) in [6.45, 7) is 11.2. The lowest BCUT2D eigenvalue weighted by Gasteiger charge is -2.38. The molecule has 0 bridgehead atoms. The molecule has 214 valence electrons. The second-order valence-electron chi connectivity index (χ2n) is 13.0. The van der Waals surface area contributed by atoms with E-state index in [1.807, 2.05) is 35.2 Å². The summed E-state index contributed by atoms with van der Waals surface area (Å²) < 4.78 is 44.8. The van der Waals surface area contributed by atoms with Crippen molar-refractivity contribution in [2.75, 3.05) is 4.90 Å². The van der Waals surface area contributed by atoms with Gasteiger partial charge in [-0.25, -0.2) is 0 Å². The fourth-order valence-corrected chi connectivity index (χ4v) is 7.92. The van der Waals surface area contributed by atoms with Gasteiger partial charge in [0.2, 0.25) is 0 Å². The number of para-hydroxylation sites is 1. The zero-order valence-electron chi connectivity index (χ0n) is 30.8. The first-order valence-corrected chi connectivity index (χ1v) is 15.3. The van der Waals surface area contributed by atoms with E-state index in [0.29, 0.717) is 0 Å². The highest BCUT2D eigenvalue weighted by molar-refractivity contribution is 6.02. The van der Waals surface area contributed by atoms with E-state index in [0.717, 1.165) is 44.8 Å². The van der Waals surface area contributed by atoms with Gasteiger partial charge >= 0.3 is 0 Å². The summed E-state index contributed by atoms with van der Waals surface area (Å²) in [7, 11) is 0. The van der Waals surface area contributed by atoms with Gasteiger partial charge in [0.15, 0.2) is 0 Å². The van der Waals surface area contributed by atoms with Gasteiger partial charge in [0.25, 0.3) is 0 Å². The first-order chi connectivity index (χ1) is 23.4. The summed E-state index contributed by atoms with van der Waals surface area (Å²) in [5.74, 6) is 0. The third-order valence-corrected chi connectivity index (χ3v) is 9.86. The maximum Gasteiger partial charge on any atom is 0.0645 e. The maximum absolute atomic E-state index is 9.36. The molecular formula is C43H37N. The van der Waals surface area contributed by atoms with Crippen LogP contribution in [-0.4, -0.2) is 0 Å². The Hall–Kier alpha value is -4.88. The molecule has 6 aromatic carbocycles. The summed E-state index contributed by atoms with van der Waals surface area (Å²) in [6, 6.07) is 33.8. The first-order valence-electron chi connectivity index (χ1n) is 17.8. The monoisotopic (exact) mass is 572 g/mol. The average Bonchev–Trinajstić information content (AvgIpc) is 3.50. The Bertz CT molecular complexity index is 2240. The molecule has 0 amide bonds. The van der Waals surface area contributed by atoms with Gasteiger partial charge in [-0.1, -0.05) is 137 Å². The van der Waals surface area contributed by atoms with E-state index in [9.17, 15) is 2.74 Å². The highest BCUT2D eigenvalue weighted by Crippen LogP contribution is 2.64. The fraction of sp³-hybridized carbons (Fsp3) is 0.163. The molecule has 6 aromatic rings. The Kier molecular flexibility index (Phi) is 4.73. The zero-order chi connectivity index (χ0) is 34.6. The highest BCUT2D eigenvalue weighted by atomic mass is 15.2. The second kappa shape index (κ2) is 9.56. The minimum atomic E-state index is -0.464. The molecule has 0 saturated carbocycles. The van der Waals surface area contributed by atoms with Crippen LogP contribution in [0.5, 0.6) is 0 Å². The van der Waals surface area contributed by atoms with Crippen molar-refractivity contribution >= 4 is 17.1 Å². The lowest BCUT2D eigenvalue weighted by atomic mass is 9.74. The van der Waals surface area contributed by atoms with Crippen LogP contribution in [0.3, 0.4) is 0 Å². The van der Waals surface area contributed by atoms with Crippen molar-refractivity contribution in [3.05, 3.63) is 161 Å². The molecule has 0 heterocycles. The number of nitrogens with zero attached hydrogens (tertiary/aromatic N) is 1. The molecule has 0 fully saturated rings. The van der Waals surface area contributed by atoms with Crippen molar-refractivity contribution in [1.29, 1.82) is 0 Å². The van der Waals surface area contributed by atoms with Gasteiger partial charge in [0.05, 0.1) is 12.5 Å². The summed E-state index contributed by atoms with van der Waals surface area (Å²) in [5, 5.41) is 0. The van der Waals surface area contributed by atoms with Crippen molar-refractivity contribution in [2.24, 2.45) is 0 Å². The normalized spacial score (nSPS) is 16.4. The molecular weight excluding hydrogens is 530 g/mol. The summed E-state index contributed by atoms with van der Waals surface area (Å²) >= 11 is 0. The van der Waals surface area contributed by atoms with E-state index in [4.69, 9.17) is 4.11 Å². The molecule has 0 N–H and O–H groups in total. The molecule has 44 heavy (non-hydrogen) atoms. The van der Waals surface area contributed by atoms with Crippen LogP contribution in [0.1, 0.15) is 62.4 Å². The van der Waals surface area contributed by atoms with Crippen LogP contribution >= 0.6 is 0 Å². The molecule has 0 atom stereocenters. The molecule has 1 heteroatoms. The smallest absolute Gasteiger partial charge is 0.0645 e. The highest BCUT2D eigenvalue weighted by Gasteiger charge is 2.47. The predicted molar refractivity (Wildman–Crippen MR) is 186 cm³/mol. The topological polar surface area (TPSA) is 3.24 Å². The van der Waals surface area contributed by atoms with Crippen molar-refractivity contribution in [3.63, 3.8) is 0 Å². The van der Waals surface area contributed by atoms with Crippen LogP contribution in [0.25, 0.3) is 33.4 Å². The van der Waals surface area contributed by atoms with Gasteiger partial charge < -0.3 is 4.90 Å². The molecule has 0 radical (unpaired) electrons. The zero-order valence-corrected chi connectivity index (χ0v) is 25.8. The van der Waals surface area contributed by atoms with E-state index in [-0.39, 0.29) is 29.9 Å². The van der Waals surface area contributed by atoms with E-state index in [1.165, 1.54) is 27.8 Å². The summed E-state index contributed by atoms with van der Waals surface area (Å²) in [4.78, 5) is 1.99. The van der Waals surface area contributed by atoms with Crippen molar-refractivity contribution in [2.45, 2.75) is 45.4 Å². The molecule has 0 aromatic heterocycles. The maximum atomic E-state index is 9.36. The van der Waals surface area contributed by atoms with Gasteiger partial charge in [-0.05, 0) is 92.3 Å². The number of rotatable bonds is 4. The standard InChI is InChI=1S/C43H37N/c1-28-37-33-23-12-14-25-35(33)42(2,3)39(37)41(40-38(28)34-24-13-15-26-36(34)43(40,4)5)44(31-20-10-7-11-21-31)32-22-16-19-30(27-32)29-17-8-6-9-18-29/h6-27H,1-5H3/i7D,10D,11D,20D,21D. The molecule has 2 aliphatic carbocycles.